The van der Waals surface area contributed by atoms with E-state index in [1.54, 1.807) is 32.1 Å². The molecule has 0 aromatic rings. The van der Waals surface area contributed by atoms with E-state index in [0.717, 1.165) is 41.5 Å². The second-order valence-electron chi connectivity index (χ2n) is 7.82. The smallest absolute Gasteiger partial charge is 0.0100 e. The van der Waals surface area contributed by atoms with Crippen LogP contribution in [0, 0.1) is 35.5 Å². The Hall–Kier alpha value is -0.0400. The van der Waals surface area contributed by atoms with E-state index in [1.165, 1.54) is 19.3 Å². The summed E-state index contributed by atoms with van der Waals surface area (Å²) >= 11 is 0. The molecule has 1 atom stereocenters. The molecule has 4 aliphatic carbocycles. The van der Waals surface area contributed by atoms with Crippen LogP contribution in [0.2, 0.25) is 0 Å². The van der Waals surface area contributed by atoms with E-state index in [9.17, 15) is 0 Å². The number of hydrogen-bond donors (Lipinski definition) is 1. The predicted octanol–water partition coefficient (Wildman–Crippen LogP) is 4.47. The molecule has 0 aromatic carbocycles. The Morgan fingerprint density at radius 1 is 0.895 bits per heavy atom. The lowest BCUT2D eigenvalue weighted by molar-refractivity contribution is -0.0540. The Kier molecular flexibility index (Phi) is 4.22. The summed E-state index contributed by atoms with van der Waals surface area (Å²) in [6.07, 6.45) is 12.0. The molecule has 1 heteroatoms. The monoisotopic (exact) mass is 263 g/mol. The van der Waals surface area contributed by atoms with Crippen LogP contribution >= 0.6 is 0 Å². The van der Waals surface area contributed by atoms with Gasteiger partial charge in [-0.15, -0.1) is 0 Å². The molecule has 4 aliphatic rings. The number of rotatable bonds is 6. The van der Waals surface area contributed by atoms with Crippen molar-refractivity contribution < 1.29 is 0 Å². The van der Waals surface area contributed by atoms with Gasteiger partial charge in [-0.2, -0.15) is 0 Å². The first kappa shape index (κ1) is 13.9. The molecule has 4 saturated carbocycles. The molecule has 1 nitrogen and oxygen atoms in total. The van der Waals surface area contributed by atoms with E-state index >= 15 is 0 Å². The van der Waals surface area contributed by atoms with Crippen LogP contribution in [-0.2, 0) is 0 Å². The minimum Gasteiger partial charge on any atom is -0.317 e. The Morgan fingerprint density at radius 2 is 1.42 bits per heavy atom. The SMILES string of the molecule is CCC(CC)CC(NC)C1C2CC3CC(C2)CC1C3. The van der Waals surface area contributed by atoms with E-state index in [0.29, 0.717) is 0 Å². The lowest BCUT2D eigenvalue weighted by Crippen LogP contribution is -2.52. The summed E-state index contributed by atoms with van der Waals surface area (Å²) in [7, 11) is 2.22. The van der Waals surface area contributed by atoms with Gasteiger partial charge in [0.15, 0.2) is 0 Å². The molecule has 4 fully saturated rings. The Morgan fingerprint density at radius 3 is 1.84 bits per heavy atom. The summed E-state index contributed by atoms with van der Waals surface area (Å²) in [5.74, 6) is 6.33. The highest BCUT2D eigenvalue weighted by molar-refractivity contribution is 5.01. The molecule has 0 heterocycles. The van der Waals surface area contributed by atoms with E-state index < -0.39 is 0 Å². The third kappa shape index (κ3) is 2.60. The van der Waals surface area contributed by atoms with Crippen LogP contribution in [0.15, 0.2) is 0 Å². The maximum absolute atomic E-state index is 3.73. The maximum atomic E-state index is 3.73. The maximum Gasteiger partial charge on any atom is 0.0100 e. The van der Waals surface area contributed by atoms with Gasteiger partial charge >= 0.3 is 0 Å². The van der Waals surface area contributed by atoms with Crippen molar-refractivity contribution in [3.05, 3.63) is 0 Å². The normalized spacial score (nSPS) is 42.0. The molecule has 19 heavy (non-hydrogen) atoms. The van der Waals surface area contributed by atoms with Crippen LogP contribution in [-0.4, -0.2) is 13.1 Å². The van der Waals surface area contributed by atoms with Crippen molar-refractivity contribution in [1.29, 1.82) is 0 Å². The summed E-state index contributed by atoms with van der Waals surface area (Å²) in [5.41, 5.74) is 0. The van der Waals surface area contributed by atoms with E-state index in [1.807, 2.05) is 0 Å². The fourth-order valence-corrected chi connectivity index (χ4v) is 6.07. The molecule has 0 spiro atoms. The molecule has 0 amide bonds. The van der Waals surface area contributed by atoms with Crippen molar-refractivity contribution >= 4 is 0 Å². The van der Waals surface area contributed by atoms with Gasteiger partial charge in [0.05, 0.1) is 0 Å². The zero-order valence-electron chi connectivity index (χ0n) is 13.2. The van der Waals surface area contributed by atoms with Crippen LogP contribution in [0.3, 0.4) is 0 Å². The predicted molar refractivity (Wildman–Crippen MR) is 82.1 cm³/mol. The highest BCUT2D eigenvalue weighted by Gasteiger charge is 2.50. The van der Waals surface area contributed by atoms with Gasteiger partial charge < -0.3 is 5.32 Å². The van der Waals surface area contributed by atoms with Gasteiger partial charge in [-0.05, 0) is 81.1 Å². The lowest BCUT2D eigenvalue weighted by atomic mass is 9.50. The van der Waals surface area contributed by atoms with Gasteiger partial charge in [0.25, 0.3) is 0 Å². The highest BCUT2D eigenvalue weighted by Crippen LogP contribution is 2.57. The Balaban J connectivity index is 1.69. The number of hydrogen-bond acceptors (Lipinski definition) is 1. The summed E-state index contributed by atoms with van der Waals surface area (Å²) in [6, 6.07) is 0.805. The molecule has 4 bridgehead atoms. The zero-order chi connectivity index (χ0) is 13.4. The molecule has 110 valence electrons. The van der Waals surface area contributed by atoms with Crippen LogP contribution in [0.5, 0.6) is 0 Å². The average Bonchev–Trinajstić information content (AvgIpc) is 2.41. The summed E-state index contributed by atoms with van der Waals surface area (Å²) in [4.78, 5) is 0. The third-order valence-electron chi connectivity index (χ3n) is 6.88. The third-order valence-corrected chi connectivity index (χ3v) is 6.88. The van der Waals surface area contributed by atoms with Gasteiger partial charge in [0.1, 0.15) is 0 Å². The minimum absolute atomic E-state index is 0.805. The van der Waals surface area contributed by atoms with Gasteiger partial charge in [0, 0.05) is 6.04 Å². The van der Waals surface area contributed by atoms with E-state index in [2.05, 4.69) is 26.2 Å². The molecular weight excluding hydrogens is 230 g/mol. The van der Waals surface area contributed by atoms with Crippen molar-refractivity contribution in [2.45, 2.75) is 71.3 Å². The Bertz CT molecular complexity index is 266. The van der Waals surface area contributed by atoms with Gasteiger partial charge in [-0.25, -0.2) is 0 Å². The topological polar surface area (TPSA) is 12.0 Å². The Labute approximate surface area is 119 Å². The molecule has 0 aliphatic heterocycles. The minimum atomic E-state index is 0.805. The van der Waals surface area contributed by atoms with Crippen LogP contribution in [0.25, 0.3) is 0 Å². The average molecular weight is 263 g/mol. The van der Waals surface area contributed by atoms with E-state index in [-0.39, 0.29) is 0 Å². The first-order valence-electron chi connectivity index (χ1n) is 8.92. The van der Waals surface area contributed by atoms with Crippen molar-refractivity contribution in [2.24, 2.45) is 35.5 Å². The summed E-state index contributed by atoms with van der Waals surface area (Å²) < 4.78 is 0. The van der Waals surface area contributed by atoms with Gasteiger partial charge in [-0.3, -0.25) is 0 Å². The molecule has 1 N–H and O–H groups in total. The lowest BCUT2D eigenvalue weighted by Gasteiger charge is -2.56. The molecule has 0 saturated heterocycles. The molecule has 4 rings (SSSR count). The van der Waals surface area contributed by atoms with Gasteiger partial charge in [0.2, 0.25) is 0 Å². The number of nitrogens with one attached hydrogen (secondary N) is 1. The van der Waals surface area contributed by atoms with Crippen molar-refractivity contribution in [3.63, 3.8) is 0 Å². The second kappa shape index (κ2) is 5.76. The standard InChI is InChI=1S/C18H33N/c1-4-12(5-2)11-17(19-3)18-15-7-13-6-14(9-15)10-16(18)8-13/h12-19H,4-11H2,1-3H3. The molecule has 0 radical (unpaired) electrons. The fraction of sp³-hybridized carbons (Fsp3) is 1.00. The van der Waals surface area contributed by atoms with Crippen molar-refractivity contribution in [3.8, 4) is 0 Å². The first-order chi connectivity index (χ1) is 9.25. The second-order valence-corrected chi connectivity index (χ2v) is 7.82. The summed E-state index contributed by atoms with van der Waals surface area (Å²) in [6.45, 7) is 4.75. The first-order valence-corrected chi connectivity index (χ1v) is 8.92. The van der Waals surface area contributed by atoms with E-state index in [4.69, 9.17) is 0 Å². The molecular formula is C18H33N. The molecule has 1 unspecified atom stereocenters. The fourth-order valence-electron chi connectivity index (χ4n) is 6.07. The van der Waals surface area contributed by atoms with Crippen LogP contribution < -0.4 is 5.32 Å². The van der Waals surface area contributed by atoms with Crippen molar-refractivity contribution in [1.82, 2.24) is 5.32 Å². The highest BCUT2D eigenvalue weighted by atomic mass is 14.9. The molecule has 0 aromatic heterocycles. The van der Waals surface area contributed by atoms with Crippen molar-refractivity contribution in [2.75, 3.05) is 7.05 Å². The van der Waals surface area contributed by atoms with Crippen LogP contribution in [0.4, 0.5) is 0 Å². The zero-order valence-corrected chi connectivity index (χ0v) is 13.2. The van der Waals surface area contributed by atoms with Gasteiger partial charge in [-0.1, -0.05) is 26.7 Å². The van der Waals surface area contributed by atoms with Crippen LogP contribution in [0.1, 0.15) is 65.2 Å². The summed E-state index contributed by atoms with van der Waals surface area (Å²) in [5, 5.41) is 3.73. The quantitative estimate of drug-likeness (QED) is 0.745. The largest absolute Gasteiger partial charge is 0.317 e.